The molecule has 0 bridgehead atoms. The van der Waals surface area contributed by atoms with Crippen LogP contribution in [0.3, 0.4) is 0 Å². The lowest BCUT2D eigenvalue weighted by Gasteiger charge is -2.04. The van der Waals surface area contributed by atoms with Crippen molar-refractivity contribution >= 4 is 51.2 Å². The molecule has 0 unspecified atom stereocenters. The number of pyridine rings is 3. The molecule has 30 nitrogen and oxygen atoms in total. The quantitative estimate of drug-likeness (QED) is 0.0310. The molecule has 0 radical (unpaired) electrons. The normalized spacial score (nSPS) is 10.9. The van der Waals surface area contributed by atoms with Gasteiger partial charge < -0.3 is 20.4 Å². The number of imidazole rings is 2. The van der Waals surface area contributed by atoms with Gasteiger partial charge in [-0.2, -0.15) is 39.2 Å². The first-order valence-corrected chi connectivity index (χ1v) is 30.5. The number of carbonyl (C=O) groups is 3. The Labute approximate surface area is 553 Å². The fraction of sp³-hybridized carbons (Fsp3) is 0.152. The number of H-pyrrole nitrogens is 2. The SMILES string of the molecule is C.CC(C)n1ccc(-c2[nH]c(-c3ccc(C#N)cc3)nc2-c2ccc3ncnn3c2)n1.CC(C)n1ccc(-c2[nH]c(-c3ccc(C(N)=O)cc3)nc2-c2ccc3ncnn3c2)n1.CC(C)n1ccc(OC(=O)c2ccc3ncnn3c2)n1.O=S(=O)(O)O.[C-]#[N+]c1ccc(C=O)cc1. The van der Waals surface area contributed by atoms with E-state index in [9.17, 15) is 14.4 Å². The van der Waals surface area contributed by atoms with Gasteiger partial charge in [0, 0.05) is 94.8 Å². The standard InChI is InChI=1S/C22H20N8O.C22H18N8.C13H13N5O2.C8H5NO.CH4.H2O4S/c1-13(2)29-10-9-17(28-29)20-19(16-7-8-18-24-12-25-30(18)11-16)26-22(27-20)15-5-3-14(4-6-15)21(23)31;1-14(2)29-10-9-18(28-29)21-20(17-7-8-19-24-13-25-30(19)12-17)26-22(27-21)16-5-3-15(11-23)4-6-16;1-9(2)17-6-5-12(16-17)20-13(19)10-3-4-11-14-8-15-18(11)7-10;1-9-8-4-2-7(6-10)3-5-8;;1-5(2,3)4/h3-13H,1-2H3,(H2,23,31)(H,26,27);3-10,12-14H,1-2H3,(H,26,27);3-9H,1-2H3;2-6H;1H4;(H2,1,2,3,4). The van der Waals surface area contributed by atoms with Crippen molar-refractivity contribution in [2.45, 2.75) is 67.1 Å². The minimum Gasteiger partial charge on any atom is -0.402 e. The number of aldehydes is 1. The van der Waals surface area contributed by atoms with Crippen LogP contribution in [0, 0.1) is 17.9 Å². The number of nitrogens with two attached hydrogens (primary N) is 1. The molecule has 0 fully saturated rings. The second-order valence-corrected chi connectivity index (χ2v) is 22.5. The number of ether oxygens (including phenoxy) is 1. The van der Waals surface area contributed by atoms with Crippen molar-refractivity contribution in [3.05, 3.63) is 217 Å². The van der Waals surface area contributed by atoms with Crippen molar-refractivity contribution in [3.8, 4) is 80.0 Å². The van der Waals surface area contributed by atoms with Crippen molar-refractivity contribution in [3.63, 3.8) is 0 Å². The molecule has 0 spiro atoms. The number of carbonyl (C=O) groups excluding carboxylic acids is 3. The zero-order valence-corrected chi connectivity index (χ0v) is 52.8. The number of hydrogen-bond acceptors (Lipinski definition) is 18. The maximum Gasteiger partial charge on any atom is 0.394 e. The van der Waals surface area contributed by atoms with Gasteiger partial charge in [0.15, 0.2) is 22.6 Å². The summed E-state index contributed by atoms with van der Waals surface area (Å²) < 4.78 is 47.3. The third kappa shape index (κ3) is 17.0. The average molecular weight is 1320 g/mol. The number of esters is 1. The molecular weight excluding hydrogens is 1260 g/mol. The van der Waals surface area contributed by atoms with Crippen LogP contribution in [0.5, 0.6) is 5.88 Å². The molecule has 6 N–H and O–H groups in total. The summed E-state index contributed by atoms with van der Waals surface area (Å²) in [5.41, 5.74) is 18.4. The van der Waals surface area contributed by atoms with Crippen LogP contribution in [0.15, 0.2) is 184 Å². The predicted octanol–water partition coefficient (Wildman–Crippen LogP) is 11.2. The molecule has 0 atom stereocenters. The first-order valence-electron chi connectivity index (χ1n) is 29.1. The maximum absolute atomic E-state index is 12.0. The Hall–Kier alpha value is -13.0. The summed E-state index contributed by atoms with van der Waals surface area (Å²) >= 11 is 0. The number of amides is 1. The molecule has 3 aromatic carbocycles. The van der Waals surface area contributed by atoms with Crippen molar-refractivity contribution in [1.82, 2.24) is 93.1 Å². The van der Waals surface area contributed by atoms with Gasteiger partial charge in [-0.15, -0.1) is 5.10 Å². The first-order chi connectivity index (χ1) is 46.1. The highest BCUT2D eigenvalue weighted by atomic mass is 32.3. The number of aromatic amines is 2. The molecule has 0 saturated carbocycles. The summed E-state index contributed by atoms with van der Waals surface area (Å²) in [5, 5.41) is 35.1. The van der Waals surface area contributed by atoms with E-state index in [0.29, 0.717) is 45.2 Å². The number of nitriles is 1. The molecule has 490 valence electrons. The van der Waals surface area contributed by atoms with Crippen LogP contribution < -0.4 is 10.5 Å². The van der Waals surface area contributed by atoms with Crippen molar-refractivity contribution in [2.24, 2.45) is 5.73 Å². The molecule has 0 saturated heterocycles. The lowest BCUT2D eigenvalue weighted by Crippen LogP contribution is -2.10. The molecule has 14 rings (SSSR count). The summed E-state index contributed by atoms with van der Waals surface area (Å²) in [6, 6.07) is 40.4. The van der Waals surface area contributed by atoms with E-state index in [1.165, 1.54) is 23.5 Å². The average Bonchev–Trinajstić information content (AvgIpc) is 1.64. The van der Waals surface area contributed by atoms with Crippen molar-refractivity contribution < 1.29 is 36.6 Å². The second kappa shape index (κ2) is 30.2. The van der Waals surface area contributed by atoms with E-state index in [0.717, 1.165) is 74.0 Å². The van der Waals surface area contributed by atoms with Gasteiger partial charge in [0.25, 0.3) is 0 Å². The number of fused-ring (bicyclic) bond motifs is 3. The van der Waals surface area contributed by atoms with Crippen LogP contribution >= 0.6 is 0 Å². The van der Waals surface area contributed by atoms with E-state index in [1.54, 1.807) is 92.8 Å². The molecule has 31 heteroatoms. The molecule has 0 aliphatic heterocycles. The number of nitrogens with zero attached hydrogens (tertiary/aromatic N) is 19. The van der Waals surface area contributed by atoms with Crippen LogP contribution in [0.25, 0.3) is 89.9 Å². The summed E-state index contributed by atoms with van der Waals surface area (Å²) in [4.78, 5) is 65.7. The van der Waals surface area contributed by atoms with Gasteiger partial charge in [-0.05, 0) is 126 Å². The molecule has 11 aromatic heterocycles. The van der Waals surface area contributed by atoms with Gasteiger partial charge >= 0.3 is 16.4 Å². The largest absolute Gasteiger partial charge is 0.402 e. The molecule has 11 heterocycles. The second-order valence-electron chi connectivity index (χ2n) is 21.6. The summed E-state index contributed by atoms with van der Waals surface area (Å²) in [6.07, 6.45) is 16.3. The first kappa shape index (κ1) is 68.4. The Morgan fingerprint density at radius 1 is 0.588 bits per heavy atom. The summed E-state index contributed by atoms with van der Waals surface area (Å²) in [5.74, 6) is 0.715. The smallest absolute Gasteiger partial charge is 0.394 e. The minimum atomic E-state index is -4.67. The zero-order valence-electron chi connectivity index (χ0n) is 52.0. The lowest BCUT2D eigenvalue weighted by molar-refractivity contribution is 0.0724. The predicted molar refractivity (Wildman–Crippen MR) is 358 cm³/mol. The van der Waals surface area contributed by atoms with Gasteiger partial charge in [0.05, 0.1) is 35.2 Å². The highest BCUT2D eigenvalue weighted by Crippen LogP contribution is 2.35. The van der Waals surface area contributed by atoms with Crippen LogP contribution in [-0.2, 0) is 10.4 Å². The summed E-state index contributed by atoms with van der Waals surface area (Å²) in [7, 11) is -4.67. The van der Waals surface area contributed by atoms with E-state index >= 15 is 0 Å². The monoisotopic (exact) mass is 1320 g/mol. The molecule has 1 amide bonds. The van der Waals surface area contributed by atoms with Crippen LogP contribution in [0.2, 0.25) is 0 Å². The maximum atomic E-state index is 12.0. The number of hydrogen-bond donors (Lipinski definition) is 5. The Kier molecular flexibility index (Phi) is 21.3. The topological polar surface area (TPSA) is 391 Å². The van der Waals surface area contributed by atoms with Gasteiger partial charge in [-0.1, -0.05) is 43.8 Å². The Morgan fingerprint density at radius 2 is 1.00 bits per heavy atom. The summed E-state index contributed by atoms with van der Waals surface area (Å²) in [6.45, 7) is 18.9. The van der Waals surface area contributed by atoms with E-state index < -0.39 is 22.3 Å². The molecule has 0 aliphatic rings. The highest BCUT2D eigenvalue weighted by molar-refractivity contribution is 7.79. The van der Waals surface area contributed by atoms with Gasteiger partial charge in [0.2, 0.25) is 11.8 Å². The van der Waals surface area contributed by atoms with Gasteiger partial charge in [-0.3, -0.25) is 32.7 Å². The Morgan fingerprint density at radius 3 is 1.41 bits per heavy atom. The molecule has 0 aliphatic carbocycles. The number of benzene rings is 3. The van der Waals surface area contributed by atoms with Crippen LogP contribution in [0.4, 0.5) is 5.69 Å². The lowest BCUT2D eigenvalue weighted by atomic mass is 10.1. The van der Waals surface area contributed by atoms with Crippen LogP contribution in [-0.4, -0.2) is 129 Å². The Balaban J connectivity index is 0.000000156. The molecular formula is C66H62N22O8S. The molecule has 97 heavy (non-hydrogen) atoms. The fourth-order valence-corrected chi connectivity index (χ4v) is 9.12. The third-order valence-electron chi connectivity index (χ3n) is 14.0. The highest BCUT2D eigenvalue weighted by Gasteiger charge is 2.21. The van der Waals surface area contributed by atoms with Crippen LogP contribution in [0.1, 0.15) is 104 Å². The number of primary amides is 1. The van der Waals surface area contributed by atoms with Gasteiger partial charge in [0.1, 0.15) is 59.7 Å². The van der Waals surface area contributed by atoms with Crippen molar-refractivity contribution in [2.75, 3.05) is 0 Å². The van der Waals surface area contributed by atoms with E-state index in [1.807, 2.05) is 109 Å². The zero-order chi connectivity index (χ0) is 68.2. The van der Waals surface area contributed by atoms with E-state index in [-0.39, 0.29) is 31.4 Å². The number of rotatable bonds is 13. The number of aromatic nitrogens is 19. The third-order valence-corrected chi connectivity index (χ3v) is 14.0. The van der Waals surface area contributed by atoms with Crippen molar-refractivity contribution in [1.29, 1.82) is 5.26 Å². The van der Waals surface area contributed by atoms with E-state index in [2.05, 4.69) is 83.9 Å². The number of nitrogens with one attached hydrogen (secondary N) is 2. The van der Waals surface area contributed by atoms with Gasteiger partial charge in [-0.25, -0.2) is 48.1 Å². The molecule has 14 aromatic rings. The Bertz CT molecular complexity index is 5240. The minimum absolute atomic E-state index is 0. The van der Waals surface area contributed by atoms with E-state index in [4.69, 9.17) is 60.0 Å². The fourth-order valence-electron chi connectivity index (χ4n) is 9.12.